The van der Waals surface area contributed by atoms with E-state index in [0.717, 1.165) is 29.0 Å². The smallest absolute Gasteiger partial charge is 0.343 e. The van der Waals surface area contributed by atoms with Gasteiger partial charge in [0.15, 0.2) is 5.43 Å². The summed E-state index contributed by atoms with van der Waals surface area (Å²) in [6, 6.07) is 9.57. The largest absolute Gasteiger partial charge is 0.496 e. The van der Waals surface area contributed by atoms with E-state index in [2.05, 4.69) is 6.07 Å². The fourth-order valence-corrected chi connectivity index (χ4v) is 4.68. The number of ether oxygens (including phenoxy) is 2. The molecule has 0 amide bonds. The second-order valence-corrected chi connectivity index (χ2v) is 7.70. The number of rotatable bonds is 4. The Morgan fingerprint density at radius 3 is 2.82 bits per heavy atom. The lowest BCUT2D eigenvalue weighted by atomic mass is 9.88. The predicted molar refractivity (Wildman–Crippen MR) is 110 cm³/mol. The third-order valence-electron chi connectivity index (χ3n) is 5.22. The van der Waals surface area contributed by atoms with Gasteiger partial charge in [-0.2, -0.15) is 0 Å². The molecule has 1 aliphatic heterocycles. The average molecular weight is 395 g/mol. The quantitative estimate of drug-likeness (QED) is 0.621. The zero-order valence-corrected chi connectivity index (χ0v) is 16.8. The van der Waals surface area contributed by atoms with Gasteiger partial charge in [-0.25, -0.2) is 4.79 Å². The number of methoxy groups -OCH3 is 1. The Kier molecular flexibility index (Phi) is 4.81. The molecule has 0 N–H and O–H groups in total. The van der Waals surface area contributed by atoms with Crippen LogP contribution < -0.4 is 10.2 Å². The van der Waals surface area contributed by atoms with E-state index in [1.807, 2.05) is 35.1 Å². The molecule has 2 aromatic heterocycles. The van der Waals surface area contributed by atoms with Crippen molar-refractivity contribution in [2.45, 2.75) is 26.3 Å². The second-order valence-electron chi connectivity index (χ2n) is 6.72. The minimum atomic E-state index is -0.579. The molecular formula is C22H21NO4S. The zero-order chi connectivity index (χ0) is 19.8. The van der Waals surface area contributed by atoms with E-state index in [1.54, 1.807) is 37.6 Å². The highest BCUT2D eigenvalue weighted by atomic mass is 32.1. The number of benzene rings is 1. The molecule has 1 unspecified atom stereocenters. The van der Waals surface area contributed by atoms with Crippen LogP contribution in [0.25, 0.3) is 11.3 Å². The van der Waals surface area contributed by atoms with Crippen molar-refractivity contribution in [2.24, 2.45) is 0 Å². The van der Waals surface area contributed by atoms with Crippen LogP contribution >= 0.6 is 11.3 Å². The molecule has 3 heterocycles. The van der Waals surface area contributed by atoms with Gasteiger partial charge in [0.05, 0.1) is 25.5 Å². The van der Waals surface area contributed by atoms with Crippen LogP contribution in [0.15, 0.2) is 46.7 Å². The molecule has 4 rings (SSSR count). The molecule has 0 spiro atoms. The molecule has 0 radical (unpaired) electrons. The summed E-state index contributed by atoms with van der Waals surface area (Å²) < 4.78 is 12.6. The molecule has 3 aromatic rings. The van der Waals surface area contributed by atoms with Gasteiger partial charge in [0.25, 0.3) is 0 Å². The van der Waals surface area contributed by atoms with Crippen molar-refractivity contribution >= 4 is 17.3 Å². The van der Waals surface area contributed by atoms with Crippen molar-refractivity contribution in [1.82, 2.24) is 4.57 Å². The van der Waals surface area contributed by atoms with Crippen LogP contribution in [0.4, 0.5) is 0 Å². The van der Waals surface area contributed by atoms with Crippen molar-refractivity contribution in [2.75, 3.05) is 13.7 Å². The summed E-state index contributed by atoms with van der Waals surface area (Å²) >= 11 is 1.67. The standard InChI is InChI=1S/C22H21NO4S/c1-4-27-22(25)16-12-23-17(11-19(16)24)14-7-8-20(26-3)13(2)15(14)10-18(23)21-6-5-9-28-21/h5-9,11-12,18H,4,10H2,1-3H3. The van der Waals surface area contributed by atoms with Crippen LogP contribution in [0.3, 0.4) is 0 Å². The van der Waals surface area contributed by atoms with Gasteiger partial charge >= 0.3 is 5.97 Å². The Morgan fingerprint density at radius 2 is 2.14 bits per heavy atom. The molecule has 1 atom stereocenters. The van der Waals surface area contributed by atoms with Gasteiger partial charge in [-0.05, 0) is 55.0 Å². The summed E-state index contributed by atoms with van der Waals surface area (Å²) in [7, 11) is 1.67. The van der Waals surface area contributed by atoms with Crippen LogP contribution in [0.2, 0.25) is 0 Å². The first-order chi connectivity index (χ1) is 13.5. The number of fused-ring (bicyclic) bond motifs is 3. The van der Waals surface area contributed by atoms with Gasteiger partial charge < -0.3 is 14.0 Å². The maximum absolute atomic E-state index is 12.7. The van der Waals surface area contributed by atoms with E-state index in [0.29, 0.717) is 0 Å². The molecular weight excluding hydrogens is 374 g/mol. The van der Waals surface area contributed by atoms with E-state index in [4.69, 9.17) is 9.47 Å². The molecule has 1 aromatic carbocycles. The van der Waals surface area contributed by atoms with E-state index < -0.39 is 5.97 Å². The maximum atomic E-state index is 12.7. The number of carbonyl (C=O) groups excluding carboxylic acids is 1. The molecule has 0 saturated carbocycles. The van der Waals surface area contributed by atoms with E-state index in [9.17, 15) is 9.59 Å². The number of carbonyl (C=O) groups is 1. The summed E-state index contributed by atoms with van der Waals surface area (Å²) in [5, 5.41) is 2.04. The summed E-state index contributed by atoms with van der Waals surface area (Å²) in [5.74, 6) is 0.257. The maximum Gasteiger partial charge on any atom is 0.343 e. The number of thiophene rings is 1. The van der Waals surface area contributed by atoms with Gasteiger partial charge in [0, 0.05) is 22.7 Å². The molecule has 1 aliphatic rings. The third kappa shape index (κ3) is 2.94. The van der Waals surface area contributed by atoms with Crippen LogP contribution in [-0.4, -0.2) is 24.3 Å². The third-order valence-corrected chi connectivity index (χ3v) is 6.20. The van der Waals surface area contributed by atoms with E-state index in [-0.39, 0.29) is 23.6 Å². The Labute approximate surface area is 167 Å². The number of esters is 1. The normalized spacial score (nSPS) is 14.9. The summed E-state index contributed by atoms with van der Waals surface area (Å²) in [6.07, 6.45) is 2.42. The number of pyridine rings is 1. The summed E-state index contributed by atoms with van der Waals surface area (Å²) in [5.41, 5.74) is 3.80. The predicted octanol–water partition coefficient (Wildman–Crippen LogP) is 4.22. The SMILES string of the molecule is CCOC(=O)c1cn2c(cc1=O)-c1ccc(OC)c(C)c1CC2c1cccs1. The molecule has 0 aliphatic carbocycles. The second kappa shape index (κ2) is 7.28. The van der Waals surface area contributed by atoms with Crippen LogP contribution in [-0.2, 0) is 11.2 Å². The van der Waals surface area contributed by atoms with Crippen LogP contribution in [0.5, 0.6) is 5.75 Å². The van der Waals surface area contributed by atoms with Gasteiger partial charge in [-0.15, -0.1) is 11.3 Å². The molecule has 5 nitrogen and oxygen atoms in total. The van der Waals surface area contributed by atoms with Crippen molar-refractivity contribution in [1.29, 1.82) is 0 Å². The first-order valence-electron chi connectivity index (χ1n) is 9.18. The lowest BCUT2D eigenvalue weighted by molar-refractivity contribution is 0.0523. The Bertz CT molecular complexity index is 1100. The molecule has 0 bridgehead atoms. The van der Waals surface area contributed by atoms with Gasteiger partial charge in [-0.3, -0.25) is 4.79 Å². The lowest BCUT2D eigenvalue weighted by Gasteiger charge is -2.31. The summed E-state index contributed by atoms with van der Waals surface area (Å²) in [6.45, 7) is 4.01. The van der Waals surface area contributed by atoms with Gasteiger partial charge in [-0.1, -0.05) is 6.07 Å². The number of aromatic nitrogens is 1. The highest BCUT2D eigenvalue weighted by Gasteiger charge is 2.29. The van der Waals surface area contributed by atoms with Crippen molar-refractivity contribution < 1.29 is 14.3 Å². The Hall–Kier alpha value is -2.86. The van der Waals surface area contributed by atoms with E-state index in [1.165, 1.54) is 10.4 Å². The minimum Gasteiger partial charge on any atom is -0.496 e. The van der Waals surface area contributed by atoms with Gasteiger partial charge in [0.2, 0.25) is 0 Å². The minimum absolute atomic E-state index is 0.00193. The van der Waals surface area contributed by atoms with Crippen LogP contribution in [0, 0.1) is 6.92 Å². The molecule has 28 heavy (non-hydrogen) atoms. The number of hydrogen-bond acceptors (Lipinski definition) is 5. The highest BCUT2D eigenvalue weighted by molar-refractivity contribution is 7.10. The molecule has 6 heteroatoms. The lowest BCUT2D eigenvalue weighted by Crippen LogP contribution is -2.27. The van der Waals surface area contributed by atoms with E-state index >= 15 is 0 Å². The van der Waals surface area contributed by atoms with Crippen molar-refractivity contribution in [3.63, 3.8) is 0 Å². The van der Waals surface area contributed by atoms with Crippen molar-refractivity contribution in [3.8, 4) is 17.0 Å². The first kappa shape index (κ1) is 18.5. The molecule has 0 saturated heterocycles. The summed E-state index contributed by atoms with van der Waals surface area (Å²) in [4.78, 5) is 26.1. The number of hydrogen-bond donors (Lipinski definition) is 0. The average Bonchev–Trinajstić information content (AvgIpc) is 3.22. The van der Waals surface area contributed by atoms with Crippen molar-refractivity contribution in [3.05, 3.63) is 73.7 Å². The monoisotopic (exact) mass is 395 g/mol. The van der Waals surface area contributed by atoms with Gasteiger partial charge in [0.1, 0.15) is 11.3 Å². The molecule has 144 valence electrons. The van der Waals surface area contributed by atoms with Crippen LogP contribution in [0.1, 0.15) is 39.3 Å². The fraction of sp³-hybridized carbons (Fsp3) is 0.273. The Balaban J connectivity index is 1.97. The Morgan fingerprint density at radius 1 is 1.32 bits per heavy atom. The zero-order valence-electron chi connectivity index (χ0n) is 16.0. The highest BCUT2D eigenvalue weighted by Crippen LogP contribution is 2.41. The molecule has 0 fully saturated rings. The topological polar surface area (TPSA) is 57.5 Å². The fourth-order valence-electron chi connectivity index (χ4n) is 3.86. The number of nitrogens with zero attached hydrogens (tertiary/aromatic N) is 1. The first-order valence-corrected chi connectivity index (χ1v) is 10.1.